The van der Waals surface area contributed by atoms with E-state index in [1.807, 2.05) is 18.2 Å². The summed E-state index contributed by atoms with van der Waals surface area (Å²) in [5, 5.41) is 14.1. The molecule has 0 radical (unpaired) electrons. The molecule has 2 aliphatic heterocycles. The van der Waals surface area contributed by atoms with Crippen LogP contribution in [0, 0.1) is 0 Å². The minimum Gasteiger partial charge on any atom is -0.355 e. The number of aromatic amines is 4. The number of nitrogens with one attached hydrogen (secondary N) is 7. The van der Waals surface area contributed by atoms with Crippen LogP contribution in [0.3, 0.4) is 0 Å². The van der Waals surface area contributed by atoms with Crippen LogP contribution < -0.4 is 37.3 Å². The zero-order chi connectivity index (χ0) is 29.7. The third kappa shape index (κ3) is 6.55. The highest BCUT2D eigenvalue weighted by molar-refractivity contribution is 5.96. The van der Waals surface area contributed by atoms with Gasteiger partial charge in [0, 0.05) is 113 Å². The van der Waals surface area contributed by atoms with Crippen molar-refractivity contribution in [2.45, 2.75) is 6.42 Å². The van der Waals surface area contributed by atoms with E-state index < -0.39 is 0 Å². The van der Waals surface area contributed by atoms with E-state index in [4.69, 9.17) is 0 Å². The number of fused-ring (bicyclic) bond motifs is 8. The van der Waals surface area contributed by atoms with Gasteiger partial charge in [0.15, 0.2) is 0 Å². The van der Waals surface area contributed by atoms with E-state index in [9.17, 15) is 4.79 Å². The Morgan fingerprint density at radius 1 is 0.659 bits per heavy atom. The second-order valence-corrected chi connectivity index (χ2v) is 11.4. The second kappa shape index (κ2) is 12.8. The molecular formula is C35H38N8O. The summed E-state index contributed by atoms with van der Waals surface area (Å²) in [6, 6.07) is 24.7. The lowest BCUT2D eigenvalue weighted by Gasteiger charge is -2.21. The van der Waals surface area contributed by atoms with E-state index in [1.165, 1.54) is 0 Å². The lowest BCUT2D eigenvalue weighted by molar-refractivity contribution is -0.116. The molecule has 44 heavy (non-hydrogen) atoms. The van der Waals surface area contributed by atoms with Crippen molar-refractivity contribution in [2.75, 3.05) is 51.1 Å². The molecule has 1 saturated heterocycles. The van der Waals surface area contributed by atoms with Gasteiger partial charge in [-0.05, 0) is 72.8 Å². The Morgan fingerprint density at radius 3 is 2.05 bits per heavy atom. The van der Waals surface area contributed by atoms with E-state index in [0.717, 1.165) is 107 Å². The molecule has 224 valence electrons. The maximum atomic E-state index is 13.3. The van der Waals surface area contributed by atoms with Crippen molar-refractivity contribution in [3.8, 4) is 0 Å². The highest BCUT2D eigenvalue weighted by atomic mass is 16.1. The standard InChI is InChI=1S/C35H38N8O/c44-34(13-18-43-19-16-36-14-15-37-17-20-43)42-31-4-2-1-3-30(31)35-32-11-9-28(40-32)22-26-7-5-24(38-26)21-25-6-8-27(39-25)23-29-10-12-33(35)41-29/h1-12,21-23,36-41H,13-20H2,(H,42,44). The van der Waals surface area contributed by atoms with Gasteiger partial charge in [-0.15, -0.1) is 0 Å². The first-order valence-electron chi connectivity index (χ1n) is 15.4. The minimum absolute atomic E-state index is 0.00923. The number of anilines is 1. The average molecular weight is 587 g/mol. The first kappa shape index (κ1) is 28.0. The van der Waals surface area contributed by atoms with Crippen LogP contribution in [-0.2, 0) is 4.79 Å². The van der Waals surface area contributed by atoms with E-state index in [-0.39, 0.29) is 5.91 Å². The largest absolute Gasteiger partial charge is 0.355 e. The SMILES string of the molecule is O=C(CCN1CCNCCNCC1)Nc1ccccc1C1=c2ccc([nH]2)=Cc2ccc([nH]2)C=c2ccc([nH]2)=Cc2ccc1[nH]2. The summed E-state index contributed by atoms with van der Waals surface area (Å²) in [6.45, 7) is 6.42. The first-order valence-corrected chi connectivity index (χ1v) is 15.4. The van der Waals surface area contributed by atoms with Crippen LogP contribution in [0.4, 0.5) is 5.69 Å². The Kier molecular flexibility index (Phi) is 8.14. The van der Waals surface area contributed by atoms with Gasteiger partial charge in [-0.3, -0.25) is 4.79 Å². The third-order valence-corrected chi connectivity index (χ3v) is 8.16. The quantitative estimate of drug-likeness (QED) is 0.162. The lowest BCUT2D eigenvalue weighted by Crippen LogP contribution is -2.36. The van der Waals surface area contributed by atoms with Crippen molar-refractivity contribution in [2.24, 2.45) is 0 Å². The van der Waals surface area contributed by atoms with Crippen molar-refractivity contribution >= 4 is 35.4 Å². The molecule has 1 fully saturated rings. The molecule has 6 heterocycles. The van der Waals surface area contributed by atoms with Gasteiger partial charge in [0.05, 0.1) is 0 Å². The van der Waals surface area contributed by atoms with Crippen LogP contribution in [-0.4, -0.2) is 76.6 Å². The van der Waals surface area contributed by atoms with Gasteiger partial charge in [-0.25, -0.2) is 0 Å². The number of rotatable bonds is 5. The number of benzene rings is 1. The molecule has 4 aromatic heterocycles. The number of aromatic nitrogens is 4. The lowest BCUT2D eigenvalue weighted by atomic mass is 10.00. The average Bonchev–Trinajstić information content (AvgIpc) is 3.84. The van der Waals surface area contributed by atoms with Gasteiger partial charge in [0.1, 0.15) is 0 Å². The molecule has 7 N–H and O–H groups in total. The van der Waals surface area contributed by atoms with Crippen LogP contribution in [0.1, 0.15) is 34.8 Å². The van der Waals surface area contributed by atoms with Crippen molar-refractivity contribution in [1.82, 2.24) is 35.5 Å². The molecule has 8 bridgehead atoms. The Balaban J connectivity index is 1.25. The Labute approximate surface area is 255 Å². The van der Waals surface area contributed by atoms with Gasteiger partial charge in [-0.2, -0.15) is 0 Å². The molecular weight excluding hydrogens is 548 g/mol. The van der Waals surface area contributed by atoms with Gasteiger partial charge in [-0.1, -0.05) is 18.2 Å². The Bertz CT molecular complexity index is 2000. The van der Waals surface area contributed by atoms with Gasteiger partial charge in [0.2, 0.25) is 5.91 Å². The van der Waals surface area contributed by atoms with Gasteiger partial charge >= 0.3 is 0 Å². The highest BCUT2D eigenvalue weighted by Crippen LogP contribution is 2.27. The fraction of sp³-hybridized carbons (Fsp3) is 0.229. The molecule has 5 aromatic rings. The molecule has 7 rings (SSSR count). The summed E-state index contributed by atoms with van der Waals surface area (Å²) in [7, 11) is 0. The van der Waals surface area contributed by atoms with Crippen LogP contribution in [0.25, 0.3) is 23.8 Å². The topological polar surface area (TPSA) is 120 Å². The number of para-hydroxylation sites is 1. The van der Waals surface area contributed by atoms with E-state index in [2.05, 4.69) is 114 Å². The zero-order valence-corrected chi connectivity index (χ0v) is 24.7. The number of H-pyrrole nitrogens is 4. The summed E-state index contributed by atoms with van der Waals surface area (Å²) < 4.78 is 0. The third-order valence-electron chi connectivity index (χ3n) is 8.16. The fourth-order valence-electron chi connectivity index (χ4n) is 5.94. The maximum Gasteiger partial charge on any atom is 0.225 e. The molecule has 0 saturated carbocycles. The van der Waals surface area contributed by atoms with Crippen molar-refractivity contribution in [1.29, 1.82) is 0 Å². The van der Waals surface area contributed by atoms with Crippen molar-refractivity contribution < 1.29 is 4.79 Å². The predicted octanol–water partition coefficient (Wildman–Crippen LogP) is 0.870. The summed E-state index contributed by atoms with van der Waals surface area (Å²) in [5.41, 5.74) is 6.68. The fourth-order valence-corrected chi connectivity index (χ4v) is 5.94. The monoisotopic (exact) mass is 586 g/mol. The van der Waals surface area contributed by atoms with E-state index in [1.54, 1.807) is 0 Å². The first-order chi connectivity index (χ1) is 21.7. The van der Waals surface area contributed by atoms with E-state index >= 15 is 0 Å². The molecule has 0 spiro atoms. The predicted molar refractivity (Wildman–Crippen MR) is 176 cm³/mol. The summed E-state index contributed by atoms with van der Waals surface area (Å²) in [6.07, 6.45) is 6.73. The second-order valence-electron chi connectivity index (χ2n) is 11.4. The van der Waals surface area contributed by atoms with Gasteiger partial charge < -0.3 is 40.8 Å². The molecule has 0 atom stereocenters. The number of hydrogen-bond donors (Lipinski definition) is 7. The molecule has 9 heteroatoms. The summed E-state index contributed by atoms with van der Waals surface area (Å²) in [4.78, 5) is 29.8. The molecule has 9 nitrogen and oxygen atoms in total. The number of amides is 1. The number of carbonyl (C=O) groups is 1. The minimum atomic E-state index is 0.00923. The highest BCUT2D eigenvalue weighted by Gasteiger charge is 2.16. The van der Waals surface area contributed by atoms with Crippen molar-refractivity contribution in [3.05, 3.63) is 123 Å². The number of carbonyl (C=O) groups excluding carboxylic acids is 1. The Morgan fingerprint density at radius 2 is 1.30 bits per heavy atom. The normalized spacial score (nSPS) is 15.7. The van der Waals surface area contributed by atoms with Crippen LogP contribution in [0.2, 0.25) is 0 Å². The number of nitrogens with zero attached hydrogens (tertiary/aromatic N) is 1. The summed E-state index contributed by atoms with van der Waals surface area (Å²) in [5.74, 6) is 0.00923. The van der Waals surface area contributed by atoms with Crippen molar-refractivity contribution in [3.63, 3.8) is 0 Å². The van der Waals surface area contributed by atoms with Gasteiger partial charge in [0.25, 0.3) is 0 Å². The van der Waals surface area contributed by atoms with E-state index in [0.29, 0.717) is 6.42 Å². The zero-order valence-electron chi connectivity index (χ0n) is 24.7. The van der Waals surface area contributed by atoms with Crippen LogP contribution >= 0.6 is 0 Å². The Hall–Kier alpha value is -4.83. The van der Waals surface area contributed by atoms with Crippen LogP contribution in [0.5, 0.6) is 0 Å². The number of hydrogen-bond acceptors (Lipinski definition) is 4. The van der Waals surface area contributed by atoms with Crippen LogP contribution in [0.15, 0.2) is 72.8 Å². The molecule has 1 aromatic carbocycles. The molecule has 0 unspecified atom stereocenters. The molecule has 0 aliphatic carbocycles. The maximum absolute atomic E-state index is 13.3. The molecule has 1 amide bonds. The molecule has 2 aliphatic rings. The summed E-state index contributed by atoms with van der Waals surface area (Å²) >= 11 is 0. The smallest absolute Gasteiger partial charge is 0.225 e.